The SMILES string of the molecule is O=C1N=c2c(ccc3c2ccc2c(-c4cc5sccc5s4)c(O)[nH]c23)=C1c1cc2sccc2s1.O=C1N=c2c(ccc3c2ccc2c(-c4ccc[se]4)c(O)[nH]c23)=C1c1ccc[se]1.O=C1N=c2c(ccc3c2ccc2c(-c4ccco4)c(O)[nH]c23)=C1c1ccco1.O=C1N=c2c(ccc3c2ccc2c(-c4cccs4)c(O)[nH]c23)=C1c1cccs1. The Bertz CT molecular complexity index is 8100. The van der Waals surface area contributed by atoms with Crippen LogP contribution in [0.3, 0.4) is 0 Å². The molecule has 8 N–H and O–H groups in total. The molecule has 18 heterocycles. The summed E-state index contributed by atoms with van der Waals surface area (Å²) in [6.45, 7) is 0. The summed E-state index contributed by atoms with van der Waals surface area (Å²) in [6.07, 6.45) is 3.11. The second kappa shape index (κ2) is 27.2. The number of hydrogen-bond donors (Lipinski definition) is 8. The number of hydrogen-bond acceptors (Lipinski definition) is 16. The number of benzene rings is 8. The maximum Gasteiger partial charge on any atom is 0.282 e. The molecule has 26 heteroatoms. The van der Waals surface area contributed by atoms with E-state index in [2.05, 4.69) is 90.9 Å². The first-order chi connectivity index (χ1) is 57.8. The van der Waals surface area contributed by atoms with Gasteiger partial charge in [-0.1, -0.05) is 84.9 Å². The summed E-state index contributed by atoms with van der Waals surface area (Å²) in [5, 5.41) is 67.8. The molecule has 0 aliphatic carbocycles. The first-order valence-corrected chi connectivity index (χ1v) is 45.6. The van der Waals surface area contributed by atoms with E-state index in [1.165, 1.54) is 25.1 Å². The Hall–Kier alpha value is -13.2. The molecule has 564 valence electrons. The van der Waals surface area contributed by atoms with E-state index >= 15 is 0 Å². The maximum atomic E-state index is 13.0. The molecule has 18 nitrogen and oxygen atoms in total. The van der Waals surface area contributed by atoms with Gasteiger partial charge in [0.1, 0.15) is 11.5 Å². The molecule has 22 aromatic rings. The van der Waals surface area contributed by atoms with Gasteiger partial charge in [0.05, 0.1) is 78.6 Å². The van der Waals surface area contributed by atoms with Gasteiger partial charge in [0.25, 0.3) is 17.7 Å². The third-order valence-corrected chi connectivity index (χ3v) is 31.6. The fraction of sp³-hybridized carbons (Fsp3) is 0. The Morgan fingerprint density at radius 1 is 0.297 bits per heavy atom. The molecule has 0 saturated carbocycles. The summed E-state index contributed by atoms with van der Waals surface area (Å²) in [5.74, 6) is 0.785. The molecule has 8 aromatic carbocycles. The standard InChI is InChI=1S/C26H12N2O2S4.C22H12N2O4.C22H12N2O2S2.C22H12N2O2Se2/c29-25-21(19-9-17-15(33-19)5-7-31-17)13-3-1-11-12(24(13)28-25)2-4-14-22(26(30)27-23(11)14)20-10-18-16(34-20)6-8-32-18;3*25-21-17(15-3-1-9-27-15)13-7-5-12-11(19(13)23-21)6-8-14-18(16-4-2-10-28-16)22(26)24-20(12)14/h1-10,27,30H;3*1-10,23,25H. The van der Waals surface area contributed by atoms with E-state index in [1.54, 1.807) is 98.5 Å². The van der Waals surface area contributed by atoms with E-state index in [0.29, 0.717) is 49.9 Å². The van der Waals surface area contributed by atoms with Crippen LogP contribution in [0.2, 0.25) is 0 Å². The number of aromatic amines is 4. The second-order valence-corrected chi connectivity index (χ2v) is 38.1. The minimum absolute atomic E-state index is 0.0359. The van der Waals surface area contributed by atoms with E-state index in [4.69, 9.17) is 8.83 Å². The quantitative estimate of drug-likeness (QED) is 0.0666. The van der Waals surface area contributed by atoms with Crippen LogP contribution in [0.4, 0.5) is 0 Å². The van der Waals surface area contributed by atoms with Gasteiger partial charge in [-0.2, -0.15) is 0 Å². The number of furan rings is 2. The Morgan fingerprint density at radius 3 is 1.14 bits per heavy atom. The van der Waals surface area contributed by atoms with Crippen molar-refractivity contribution >= 4 is 248 Å². The number of thiophene rings is 6. The van der Waals surface area contributed by atoms with Crippen LogP contribution in [0.25, 0.3) is 170 Å². The van der Waals surface area contributed by atoms with Crippen LogP contribution in [0.15, 0.2) is 267 Å². The normalized spacial score (nSPS) is 13.5. The molecular weight excluding hydrogens is 1730 g/mol. The molecule has 0 atom stereocenters. The van der Waals surface area contributed by atoms with Gasteiger partial charge in [-0.25, -0.2) is 15.0 Å². The van der Waals surface area contributed by atoms with E-state index in [0.717, 1.165) is 164 Å². The minimum Gasteiger partial charge on any atom is -0.494 e. The molecule has 0 unspecified atom stereocenters. The minimum atomic E-state index is -0.317. The first kappa shape index (κ1) is 70.2. The molecule has 0 radical (unpaired) electrons. The zero-order chi connectivity index (χ0) is 79.0. The van der Waals surface area contributed by atoms with Crippen molar-refractivity contribution in [1.29, 1.82) is 0 Å². The molecule has 0 fully saturated rings. The Morgan fingerprint density at radius 2 is 0.678 bits per heavy atom. The molecular formula is C92H48N8O10S6Se2. The van der Waals surface area contributed by atoms with Crippen molar-refractivity contribution in [1.82, 2.24) is 19.9 Å². The number of fused-ring (bicyclic) bond motifs is 22. The fourth-order valence-corrected chi connectivity index (χ4v) is 26.0. The number of nitrogens with zero attached hydrogens (tertiary/aromatic N) is 4. The van der Waals surface area contributed by atoms with Gasteiger partial charge in [-0.3, -0.25) is 14.4 Å². The first-order valence-electron chi connectivity index (χ1n) is 36.8. The van der Waals surface area contributed by atoms with Gasteiger partial charge < -0.3 is 39.1 Å². The Labute approximate surface area is 696 Å². The summed E-state index contributed by atoms with van der Waals surface area (Å²) in [5.41, 5.74) is 9.04. The number of aromatic nitrogens is 4. The molecule has 0 bridgehead atoms. The summed E-state index contributed by atoms with van der Waals surface area (Å²) >= 11 is 10.3. The second-order valence-electron chi connectivity index (χ2n) is 28.1. The predicted octanol–water partition coefficient (Wildman–Crippen LogP) is 16.2. The summed E-state index contributed by atoms with van der Waals surface area (Å²) < 4.78 is 18.0. The molecule has 4 aliphatic rings. The van der Waals surface area contributed by atoms with Gasteiger partial charge in [-0.15, -0.1) is 68.0 Å². The number of H-pyrrole nitrogens is 4. The molecule has 118 heavy (non-hydrogen) atoms. The van der Waals surface area contributed by atoms with Crippen molar-refractivity contribution in [3.05, 3.63) is 300 Å². The topological polar surface area (TPSA) is 288 Å². The van der Waals surface area contributed by atoms with Crippen LogP contribution >= 0.6 is 68.0 Å². The van der Waals surface area contributed by atoms with Gasteiger partial charge >= 0.3 is 171 Å². The third kappa shape index (κ3) is 10.9. The van der Waals surface area contributed by atoms with Crippen molar-refractivity contribution < 1.29 is 48.4 Å². The van der Waals surface area contributed by atoms with Crippen LogP contribution in [-0.2, 0) is 19.2 Å². The van der Waals surface area contributed by atoms with Crippen molar-refractivity contribution in [2.75, 3.05) is 0 Å². The van der Waals surface area contributed by atoms with Gasteiger partial charge in [0, 0.05) is 102 Å². The summed E-state index contributed by atoms with van der Waals surface area (Å²) in [7, 11) is 0. The maximum absolute atomic E-state index is 13.0. The van der Waals surface area contributed by atoms with Crippen molar-refractivity contribution in [3.8, 4) is 65.7 Å². The van der Waals surface area contributed by atoms with Crippen LogP contribution in [-0.4, -0.2) is 93.0 Å². The van der Waals surface area contributed by atoms with Gasteiger partial charge in [0.15, 0.2) is 11.8 Å². The van der Waals surface area contributed by atoms with Crippen molar-refractivity contribution in [3.63, 3.8) is 0 Å². The molecule has 4 aliphatic heterocycles. The Balaban J connectivity index is 0.0000000926. The zero-order valence-electron chi connectivity index (χ0n) is 60.4. The van der Waals surface area contributed by atoms with Gasteiger partial charge in [-0.05, 0) is 82.2 Å². The van der Waals surface area contributed by atoms with Crippen LogP contribution in [0.5, 0.6) is 23.5 Å². The van der Waals surface area contributed by atoms with Crippen LogP contribution in [0, 0.1) is 0 Å². The fourth-order valence-electron chi connectivity index (χ4n) is 16.8. The van der Waals surface area contributed by atoms with Crippen LogP contribution < -0.4 is 42.3 Å². The molecule has 4 amide bonds. The predicted molar refractivity (Wildman–Crippen MR) is 471 cm³/mol. The van der Waals surface area contributed by atoms with E-state index < -0.39 is 0 Å². The van der Waals surface area contributed by atoms with Crippen molar-refractivity contribution in [2.45, 2.75) is 0 Å². The molecule has 26 rings (SSSR count). The zero-order valence-corrected chi connectivity index (χ0v) is 68.7. The number of carbonyl (C=O) groups is 4. The number of amides is 4. The third-order valence-electron chi connectivity index (χ3n) is 21.9. The van der Waals surface area contributed by atoms with Gasteiger partial charge in [0.2, 0.25) is 5.88 Å². The van der Waals surface area contributed by atoms with Crippen molar-refractivity contribution in [2.24, 2.45) is 20.0 Å². The average molecular weight is 1780 g/mol. The van der Waals surface area contributed by atoms with E-state index in [-0.39, 0.29) is 76.2 Å². The monoisotopic (exact) mass is 1780 g/mol. The summed E-state index contributed by atoms with van der Waals surface area (Å²) in [4.78, 5) is 89.0. The summed E-state index contributed by atoms with van der Waals surface area (Å²) in [6, 6.07) is 63.2. The largest absolute Gasteiger partial charge is 0.494 e. The average Bonchev–Trinajstić information content (AvgIpc) is 1.58. The van der Waals surface area contributed by atoms with E-state index in [9.17, 15) is 39.6 Å². The Kier molecular flexibility index (Phi) is 16.2. The molecule has 14 aromatic heterocycles. The number of carbonyl (C=O) groups excluding carboxylic acids is 4. The molecule has 0 spiro atoms. The number of nitrogens with one attached hydrogen (secondary N) is 4. The molecule has 0 saturated heterocycles. The van der Waals surface area contributed by atoms with E-state index in [1.807, 2.05) is 150 Å². The smallest absolute Gasteiger partial charge is 0.282 e. The number of aromatic hydroxyl groups is 4. The van der Waals surface area contributed by atoms with Crippen LogP contribution in [0.1, 0.15) is 20.0 Å². The number of rotatable bonds is 8.